The number of hydrogen-bond acceptors (Lipinski definition) is 4. The third-order valence-corrected chi connectivity index (χ3v) is 4.77. The van der Waals surface area contributed by atoms with Crippen LogP contribution < -0.4 is 9.47 Å². The molecule has 0 aliphatic carbocycles. The third-order valence-electron chi connectivity index (χ3n) is 4.77. The summed E-state index contributed by atoms with van der Waals surface area (Å²) in [4.78, 5) is 2.49. The Hall–Kier alpha value is -1.26. The maximum absolute atomic E-state index is 10.5. The van der Waals surface area contributed by atoms with Crippen molar-refractivity contribution in [2.24, 2.45) is 0 Å². The third kappa shape index (κ3) is 2.87. The van der Waals surface area contributed by atoms with Gasteiger partial charge in [0, 0.05) is 25.1 Å². The molecule has 1 unspecified atom stereocenters. The first kappa shape index (κ1) is 14.7. The topological polar surface area (TPSA) is 41.9 Å². The molecule has 1 spiro atoms. The average Bonchev–Trinajstić information content (AvgIpc) is 2.50. The van der Waals surface area contributed by atoms with E-state index in [0.717, 1.165) is 49.5 Å². The zero-order chi connectivity index (χ0) is 14.9. The average molecular weight is 291 g/mol. The summed E-state index contributed by atoms with van der Waals surface area (Å²) in [6.45, 7) is 5.50. The van der Waals surface area contributed by atoms with Crippen LogP contribution >= 0.6 is 0 Å². The van der Waals surface area contributed by atoms with E-state index >= 15 is 0 Å². The van der Waals surface area contributed by atoms with Crippen molar-refractivity contribution in [2.75, 3.05) is 26.7 Å². The van der Waals surface area contributed by atoms with Gasteiger partial charge in [0.15, 0.2) is 0 Å². The van der Waals surface area contributed by atoms with E-state index in [0.29, 0.717) is 6.42 Å². The highest BCUT2D eigenvalue weighted by Crippen LogP contribution is 2.45. The summed E-state index contributed by atoms with van der Waals surface area (Å²) in [5, 5.41) is 10.5. The molecule has 1 fully saturated rings. The highest BCUT2D eigenvalue weighted by Gasteiger charge is 2.42. The van der Waals surface area contributed by atoms with Crippen LogP contribution in [0.3, 0.4) is 0 Å². The first-order chi connectivity index (χ1) is 10.2. The number of aliphatic hydroxyl groups excluding tert-OH is 1. The second kappa shape index (κ2) is 5.85. The molecule has 4 heteroatoms. The number of piperidine rings is 1. The molecule has 2 aliphatic heterocycles. The SMILES string of the molecule is CCCN1CCC2(CC1)CC(O)c1cc(OC)ccc1O2. The largest absolute Gasteiger partial charge is 0.497 e. The fraction of sp³-hybridized carbons (Fsp3) is 0.647. The minimum atomic E-state index is -0.457. The van der Waals surface area contributed by atoms with Crippen molar-refractivity contribution in [2.45, 2.75) is 44.3 Å². The van der Waals surface area contributed by atoms with Crippen LogP contribution in [0.25, 0.3) is 0 Å². The Labute approximate surface area is 126 Å². The van der Waals surface area contributed by atoms with Crippen LogP contribution in [0.5, 0.6) is 11.5 Å². The minimum absolute atomic E-state index is 0.189. The van der Waals surface area contributed by atoms with Gasteiger partial charge in [0.25, 0.3) is 0 Å². The van der Waals surface area contributed by atoms with E-state index < -0.39 is 6.10 Å². The van der Waals surface area contributed by atoms with Crippen LogP contribution in [0.4, 0.5) is 0 Å². The highest BCUT2D eigenvalue weighted by atomic mass is 16.5. The number of likely N-dealkylation sites (tertiary alicyclic amines) is 1. The van der Waals surface area contributed by atoms with Crippen LogP contribution in [0.15, 0.2) is 18.2 Å². The quantitative estimate of drug-likeness (QED) is 0.930. The molecule has 0 aromatic heterocycles. The Morgan fingerprint density at radius 2 is 2.14 bits per heavy atom. The number of rotatable bonds is 3. The monoisotopic (exact) mass is 291 g/mol. The molecule has 2 aliphatic rings. The Bertz CT molecular complexity index is 495. The van der Waals surface area contributed by atoms with E-state index in [-0.39, 0.29) is 5.60 Å². The predicted octanol–water partition coefficient (Wildman–Crippen LogP) is 2.76. The first-order valence-corrected chi connectivity index (χ1v) is 7.93. The molecule has 3 rings (SSSR count). The molecule has 0 saturated carbocycles. The van der Waals surface area contributed by atoms with Gasteiger partial charge in [-0.25, -0.2) is 0 Å². The molecule has 0 bridgehead atoms. The number of nitrogens with zero attached hydrogens (tertiary/aromatic N) is 1. The van der Waals surface area contributed by atoms with Crippen LogP contribution in [-0.2, 0) is 0 Å². The molecule has 1 atom stereocenters. The predicted molar refractivity (Wildman–Crippen MR) is 81.9 cm³/mol. The lowest BCUT2D eigenvalue weighted by Crippen LogP contribution is -2.50. The van der Waals surface area contributed by atoms with Crippen LogP contribution in [0.2, 0.25) is 0 Å². The Morgan fingerprint density at radius 3 is 2.81 bits per heavy atom. The van der Waals surface area contributed by atoms with Gasteiger partial charge in [0.1, 0.15) is 17.1 Å². The molecule has 1 aromatic rings. The van der Waals surface area contributed by atoms with Crippen molar-refractivity contribution < 1.29 is 14.6 Å². The summed E-state index contributed by atoms with van der Waals surface area (Å²) in [6, 6.07) is 5.71. The van der Waals surface area contributed by atoms with Gasteiger partial charge in [-0.2, -0.15) is 0 Å². The summed E-state index contributed by atoms with van der Waals surface area (Å²) >= 11 is 0. The van der Waals surface area contributed by atoms with E-state index in [4.69, 9.17) is 9.47 Å². The van der Waals surface area contributed by atoms with Crippen molar-refractivity contribution in [3.05, 3.63) is 23.8 Å². The molecule has 21 heavy (non-hydrogen) atoms. The standard InChI is InChI=1S/C17H25NO3/c1-3-8-18-9-6-17(7-10-18)12-15(19)14-11-13(20-2)4-5-16(14)21-17/h4-5,11,15,19H,3,6-10,12H2,1-2H3. The van der Waals surface area contributed by atoms with Crippen molar-refractivity contribution in [1.29, 1.82) is 0 Å². The second-order valence-electron chi connectivity index (χ2n) is 6.25. The van der Waals surface area contributed by atoms with Crippen molar-refractivity contribution in [3.63, 3.8) is 0 Å². The van der Waals surface area contributed by atoms with E-state index in [1.807, 2.05) is 18.2 Å². The summed E-state index contributed by atoms with van der Waals surface area (Å²) in [7, 11) is 1.64. The van der Waals surface area contributed by atoms with E-state index in [2.05, 4.69) is 11.8 Å². The van der Waals surface area contributed by atoms with Crippen molar-refractivity contribution in [1.82, 2.24) is 4.90 Å². The van der Waals surface area contributed by atoms with Crippen molar-refractivity contribution >= 4 is 0 Å². The van der Waals surface area contributed by atoms with Crippen LogP contribution in [-0.4, -0.2) is 42.4 Å². The van der Waals surface area contributed by atoms with Gasteiger partial charge in [0.2, 0.25) is 0 Å². The molecule has 0 radical (unpaired) electrons. The lowest BCUT2D eigenvalue weighted by Gasteiger charge is -2.46. The lowest BCUT2D eigenvalue weighted by atomic mass is 9.81. The molecule has 1 saturated heterocycles. The Balaban J connectivity index is 1.76. The maximum Gasteiger partial charge on any atom is 0.126 e. The zero-order valence-corrected chi connectivity index (χ0v) is 13.0. The van der Waals surface area contributed by atoms with Gasteiger partial charge in [-0.1, -0.05) is 6.92 Å². The number of ether oxygens (including phenoxy) is 2. The fourth-order valence-electron chi connectivity index (χ4n) is 3.55. The molecular formula is C17H25NO3. The molecule has 1 aromatic carbocycles. The van der Waals surface area contributed by atoms with E-state index in [1.165, 1.54) is 6.42 Å². The molecule has 116 valence electrons. The molecule has 4 nitrogen and oxygen atoms in total. The van der Waals surface area contributed by atoms with Gasteiger partial charge in [-0.3, -0.25) is 0 Å². The fourth-order valence-corrected chi connectivity index (χ4v) is 3.55. The maximum atomic E-state index is 10.5. The molecule has 0 amide bonds. The number of aliphatic hydroxyl groups is 1. The number of benzene rings is 1. The number of hydrogen-bond donors (Lipinski definition) is 1. The van der Waals surface area contributed by atoms with Gasteiger partial charge in [0.05, 0.1) is 13.2 Å². The normalized spacial score (nSPS) is 24.4. The Morgan fingerprint density at radius 1 is 1.38 bits per heavy atom. The number of methoxy groups -OCH3 is 1. The smallest absolute Gasteiger partial charge is 0.126 e. The Kier molecular flexibility index (Phi) is 4.09. The molecule has 1 N–H and O–H groups in total. The second-order valence-corrected chi connectivity index (χ2v) is 6.25. The van der Waals surface area contributed by atoms with Crippen molar-refractivity contribution in [3.8, 4) is 11.5 Å². The van der Waals surface area contributed by atoms with Gasteiger partial charge in [-0.15, -0.1) is 0 Å². The molecule has 2 heterocycles. The first-order valence-electron chi connectivity index (χ1n) is 7.93. The van der Waals surface area contributed by atoms with Gasteiger partial charge < -0.3 is 19.5 Å². The van der Waals surface area contributed by atoms with E-state index in [9.17, 15) is 5.11 Å². The number of fused-ring (bicyclic) bond motifs is 1. The summed E-state index contributed by atoms with van der Waals surface area (Å²) in [5.74, 6) is 1.59. The zero-order valence-electron chi connectivity index (χ0n) is 13.0. The van der Waals surface area contributed by atoms with E-state index in [1.54, 1.807) is 7.11 Å². The lowest BCUT2D eigenvalue weighted by molar-refractivity contribution is -0.0538. The summed E-state index contributed by atoms with van der Waals surface area (Å²) in [6.07, 6.45) is 3.42. The van der Waals surface area contributed by atoms with Gasteiger partial charge in [-0.05, 0) is 44.0 Å². The summed E-state index contributed by atoms with van der Waals surface area (Å²) in [5.41, 5.74) is 0.668. The molecular weight excluding hydrogens is 266 g/mol. The van der Waals surface area contributed by atoms with Gasteiger partial charge >= 0.3 is 0 Å². The van der Waals surface area contributed by atoms with Crippen LogP contribution in [0, 0.1) is 0 Å². The summed E-state index contributed by atoms with van der Waals surface area (Å²) < 4.78 is 11.5. The van der Waals surface area contributed by atoms with Crippen LogP contribution in [0.1, 0.15) is 44.3 Å². The highest BCUT2D eigenvalue weighted by molar-refractivity contribution is 5.43. The minimum Gasteiger partial charge on any atom is -0.497 e.